The van der Waals surface area contributed by atoms with E-state index in [1.807, 2.05) is 43.3 Å². The molecule has 1 aliphatic heterocycles. The van der Waals surface area contributed by atoms with Crippen molar-refractivity contribution in [2.24, 2.45) is 0 Å². The minimum atomic E-state index is -0.309. The SMILES string of the molecule is CN(C)c1cccc(C(=O)N2CCN(C(=O)Cc3ccc(F)cc3)CC2)c1. The van der Waals surface area contributed by atoms with Gasteiger partial charge < -0.3 is 14.7 Å². The van der Waals surface area contributed by atoms with Gasteiger partial charge in [-0.2, -0.15) is 0 Å². The first-order chi connectivity index (χ1) is 12.9. The third kappa shape index (κ3) is 4.64. The van der Waals surface area contributed by atoms with Crippen LogP contribution in [0.5, 0.6) is 0 Å². The van der Waals surface area contributed by atoms with Crippen LogP contribution in [0, 0.1) is 5.82 Å². The van der Waals surface area contributed by atoms with Crippen LogP contribution in [0.25, 0.3) is 0 Å². The van der Waals surface area contributed by atoms with Crippen molar-refractivity contribution < 1.29 is 14.0 Å². The average Bonchev–Trinajstić information content (AvgIpc) is 2.69. The zero-order valence-electron chi connectivity index (χ0n) is 15.7. The predicted octanol–water partition coefficient (Wildman–Crippen LogP) is 2.42. The summed E-state index contributed by atoms with van der Waals surface area (Å²) in [6, 6.07) is 13.5. The van der Waals surface area contributed by atoms with Gasteiger partial charge in [0.2, 0.25) is 5.91 Å². The van der Waals surface area contributed by atoms with E-state index in [0.717, 1.165) is 11.3 Å². The van der Waals surface area contributed by atoms with E-state index in [1.165, 1.54) is 12.1 Å². The molecule has 2 aromatic rings. The van der Waals surface area contributed by atoms with E-state index < -0.39 is 0 Å². The van der Waals surface area contributed by atoms with Crippen molar-refractivity contribution in [1.82, 2.24) is 9.80 Å². The number of nitrogens with zero attached hydrogens (tertiary/aromatic N) is 3. The Morgan fingerprint density at radius 1 is 0.963 bits per heavy atom. The molecule has 6 heteroatoms. The average molecular weight is 369 g/mol. The maximum absolute atomic E-state index is 13.0. The molecule has 0 unspecified atom stereocenters. The van der Waals surface area contributed by atoms with E-state index in [2.05, 4.69) is 0 Å². The van der Waals surface area contributed by atoms with E-state index in [1.54, 1.807) is 21.9 Å². The van der Waals surface area contributed by atoms with Gasteiger partial charge in [-0.1, -0.05) is 18.2 Å². The Hall–Kier alpha value is -2.89. The van der Waals surface area contributed by atoms with Crippen LogP contribution in [0.15, 0.2) is 48.5 Å². The van der Waals surface area contributed by atoms with Crippen molar-refractivity contribution >= 4 is 17.5 Å². The molecule has 142 valence electrons. The molecule has 3 rings (SSSR count). The number of carbonyl (C=O) groups is 2. The topological polar surface area (TPSA) is 43.9 Å². The molecule has 0 aromatic heterocycles. The summed E-state index contributed by atoms with van der Waals surface area (Å²) in [4.78, 5) is 30.7. The Balaban J connectivity index is 1.56. The zero-order chi connectivity index (χ0) is 19.4. The summed E-state index contributed by atoms with van der Waals surface area (Å²) in [7, 11) is 3.88. The molecule has 0 spiro atoms. The van der Waals surface area contributed by atoms with E-state index in [4.69, 9.17) is 0 Å². The molecule has 0 radical (unpaired) electrons. The number of hydrogen-bond acceptors (Lipinski definition) is 3. The number of carbonyl (C=O) groups excluding carboxylic acids is 2. The largest absolute Gasteiger partial charge is 0.378 e. The molecule has 2 aromatic carbocycles. The van der Waals surface area contributed by atoms with Gasteiger partial charge in [-0.3, -0.25) is 9.59 Å². The fraction of sp³-hybridized carbons (Fsp3) is 0.333. The van der Waals surface area contributed by atoms with Gasteiger partial charge in [-0.05, 0) is 35.9 Å². The second-order valence-electron chi connectivity index (χ2n) is 6.92. The second kappa shape index (κ2) is 8.20. The van der Waals surface area contributed by atoms with Crippen molar-refractivity contribution in [2.75, 3.05) is 45.2 Å². The van der Waals surface area contributed by atoms with Crippen molar-refractivity contribution in [2.45, 2.75) is 6.42 Å². The molecule has 5 nitrogen and oxygen atoms in total. The van der Waals surface area contributed by atoms with Gasteiger partial charge >= 0.3 is 0 Å². The highest BCUT2D eigenvalue weighted by atomic mass is 19.1. The molecule has 2 amide bonds. The number of amides is 2. The Bertz CT molecular complexity index is 812. The lowest BCUT2D eigenvalue weighted by Gasteiger charge is -2.35. The normalized spacial score (nSPS) is 14.2. The van der Waals surface area contributed by atoms with Crippen LogP contribution in [-0.2, 0) is 11.2 Å². The number of rotatable bonds is 4. The number of benzene rings is 2. The molecule has 1 saturated heterocycles. The first-order valence-electron chi connectivity index (χ1n) is 9.03. The summed E-state index contributed by atoms with van der Waals surface area (Å²) in [5.74, 6) is -0.315. The lowest BCUT2D eigenvalue weighted by atomic mass is 10.1. The van der Waals surface area contributed by atoms with Crippen LogP contribution >= 0.6 is 0 Å². The highest BCUT2D eigenvalue weighted by Gasteiger charge is 2.25. The van der Waals surface area contributed by atoms with Gasteiger partial charge in [0, 0.05) is 51.5 Å². The maximum atomic E-state index is 13.0. The Kier molecular flexibility index (Phi) is 5.74. The van der Waals surface area contributed by atoms with Gasteiger partial charge in [-0.15, -0.1) is 0 Å². The van der Waals surface area contributed by atoms with Gasteiger partial charge in [-0.25, -0.2) is 4.39 Å². The maximum Gasteiger partial charge on any atom is 0.254 e. The lowest BCUT2D eigenvalue weighted by molar-refractivity contribution is -0.131. The summed E-state index contributed by atoms with van der Waals surface area (Å²) in [5.41, 5.74) is 2.43. The number of piperazine rings is 1. The van der Waals surface area contributed by atoms with E-state index in [0.29, 0.717) is 31.7 Å². The summed E-state index contributed by atoms with van der Waals surface area (Å²) >= 11 is 0. The molecule has 1 fully saturated rings. The fourth-order valence-corrected chi connectivity index (χ4v) is 3.15. The number of hydrogen-bond donors (Lipinski definition) is 0. The van der Waals surface area contributed by atoms with Crippen LogP contribution in [0.4, 0.5) is 10.1 Å². The first-order valence-corrected chi connectivity index (χ1v) is 9.03. The highest BCUT2D eigenvalue weighted by Crippen LogP contribution is 2.16. The van der Waals surface area contributed by atoms with Crippen molar-refractivity contribution in [3.05, 3.63) is 65.5 Å². The molecule has 0 atom stereocenters. The van der Waals surface area contributed by atoms with Crippen LogP contribution in [-0.4, -0.2) is 61.9 Å². The third-order valence-electron chi connectivity index (χ3n) is 4.80. The van der Waals surface area contributed by atoms with Crippen LogP contribution in [0.3, 0.4) is 0 Å². The summed E-state index contributed by atoms with van der Waals surface area (Å²) in [6.45, 7) is 2.05. The Labute approximate surface area is 159 Å². The molecule has 0 bridgehead atoms. The van der Waals surface area contributed by atoms with Crippen LogP contribution in [0.2, 0.25) is 0 Å². The van der Waals surface area contributed by atoms with Gasteiger partial charge in [0.15, 0.2) is 0 Å². The van der Waals surface area contributed by atoms with Crippen LogP contribution < -0.4 is 4.90 Å². The molecule has 1 aliphatic rings. The minimum absolute atomic E-state index is 0.00307. The van der Waals surface area contributed by atoms with Gasteiger partial charge in [0.25, 0.3) is 5.91 Å². The summed E-state index contributed by atoms with van der Waals surface area (Å²) in [6.07, 6.45) is 0.249. The van der Waals surface area contributed by atoms with E-state index in [9.17, 15) is 14.0 Å². The molecular weight excluding hydrogens is 345 g/mol. The van der Waals surface area contributed by atoms with E-state index in [-0.39, 0.29) is 24.1 Å². The fourth-order valence-electron chi connectivity index (χ4n) is 3.15. The molecule has 1 heterocycles. The number of anilines is 1. The summed E-state index contributed by atoms with van der Waals surface area (Å²) in [5, 5.41) is 0. The Morgan fingerprint density at radius 3 is 2.22 bits per heavy atom. The monoisotopic (exact) mass is 369 g/mol. The Morgan fingerprint density at radius 2 is 1.59 bits per heavy atom. The lowest BCUT2D eigenvalue weighted by Crippen LogP contribution is -2.51. The zero-order valence-corrected chi connectivity index (χ0v) is 15.7. The number of halogens is 1. The van der Waals surface area contributed by atoms with Crippen molar-refractivity contribution in [3.63, 3.8) is 0 Å². The summed E-state index contributed by atoms with van der Waals surface area (Å²) < 4.78 is 13.0. The highest BCUT2D eigenvalue weighted by molar-refractivity contribution is 5.95. The van der Waals surface area contributed by atoms with Crippen molar-refractivity contribution in [1.29, 1.82) is 0 Å². The minimum Gasteiger partial charge on any atom is -0.378 e. The molecule has 0 N–H and O–H groups in total. The second-order valence-corrected chi connectivity index (χ2v) is 6.92. The smallest absolute Gasteiger partial charge is 0.254 e. The van der Waals surface area contributed by atoms with Crippen LogP contribution in [0.1, 0.15) is 15.9 Å². The first kappa shape index (κ1) is 18.9. The standard InChI is InChI=1S/C21H24FN3O2/c1-23(2)19-5-3-4-17(15-19)21(27)25-12-10-24(11-13-25)20(26)14-16-6-8-18(22)9-7-16/h3-9,15H,10-14H2,1-2H3. The quantitative estimate of drug-likeness (QED) is 0.831. The van der Waals surface area contributed by atoms with Gasteiger partial charge in [0.05, 0.1) is 6.42 Å². The van der Waals surface area contributed by atoms with Gasteiger partial charge in [0.1, 0.15) is 5.82 Å². The molecule has 27 heavy (non-hydrogen) atoms. The molecular formula is C21H24FN3O2. The predicted molar refractivity (Wildman–Crippen MR) is 103 cm³/mol. The molecule has 0 saturated carbocycles. The van der Waals surface area contributed by atoms with Crippen molar-refractivity contribution in [3.8, 4) is 0 Å². The van der Waals surface area contributed by atoms with E-state index >= 15 is 0 Å². The molecule has 0 aliphatic carbocycles. The third-order valence-corrected chi connectivity index (χ3v) is 4.80.